The highest BCUT2D eigenvalue weighted by Crippen LogP contribution is 2.31. The monoisotopic (exact) mass is 365 g/mol. The molecule has 0 atom stereocenters. The molecule has 4 aromatic rings. The van der Waals surface area contributed by atoms with Crippen LogP contribution in [0.25, 0.3) is 22.2 Å². The average Bonchev–Trinajstić information content (AvgIpc) is 3.29. The first-order valence-electron chi connectivity index (χ1n) is 8.15. The van der Waals surface area contributed by atoms with Gasteiger partial charge in [-0.25, -0.2) is 0 Å². The molecule has 0 aliphatic carbocycles. The number of nitrogens with zero attached hydrogens (tertiary/aromatic N) is 2. The molecule has 0 saturated heterocycles. The molecule has 1 amide bonds. The van der Waals surface area contributed by atoms with E-state index in [-0.39, 0.29) is 5.91 Å². The topological polar surface area (TPSA) is 60.1 Å². The fourth-order valence-electron chi connectivity index (χ4n) is 2.98. The largest absolute Gasteiger partial charge is 0.463 e. The van der Waals surface area contributed by atoms with Crippen molar-refractivity contribution in [2.45, 2.75) is 6.54 Å². The van der Waals surface area contributed by atoms with Crippen LogP contribution in [0.2, 0.25) is 5.02 Å². The minimum Gasteiger partial charge on any atom is -0.463 e. The van der Waals surface area contributed by atoms with E-state index in [0.29, 0.717) is 22.7 Å². The Morgan fingerprint density at radius 2 is 1.96 bits per heavy atom. The van der Waals surface area contributed by atoms with Crippen LogP contribution < -0.4 is 5.32 Å². The smallest absolute Gasteiger partial charge is 0.255 e. The van der Waals surface area contributed by atoms with Crippen molar-refractivity contribution in [1.29, 1.82) is 0 Å². The molecule has 1 N–H and O–H groups in total. The molecule has 130 valence electrons. The van der Waals surface area contributed by atoms with Gasteiger partial charge >= 0.3 is 0 Å². The molecule has 0 spiro atoms. The second kappa shape index (κ2) is 6.69. The van der Waals surface area contributed by atoms with E-state index in [0.717, 1.165) is 22.2 Å². The summed E-state index contributed by atoms with van der Waals surface area (Å²) in [6, 6.07) is 14.9. The molecule has 0 radical (unpaired) electrons. The zero-order valence-corrected chi connectivity index (χ0v) is 14.8. The van der Waals surface area contributed by atoms with Gasteiger partial charge in [-0.1, -0.05) is 29.8 Å². The van der Waals surface area contributed by atoms with E-state index in [1.807, 2.05) is 37.4 Å². The van der Waals surface area contributed by atoms with Gasteiger partial charge in [-0.2, -0.15) is 5.10 Å². The van der Waals surface area contributed by atoms with E-state index in [1.165, 1.54) is 0 Å². The number of carbonyl (C=O) groups excluding carboxylic acids is 1. The first-order valence-corrected chi connectivity index (χ1v) is 8.52. The van der Waals surface area contributed by atoms with Crippen molar-refractivity contribution >= 4 is 28.5 Å². The van der Waals surface area contributed by atoms with Crippen molar-refractivity contribution < 1.29 is 9.21 Å². The molecule has 4 rings (SSSR count). The lowest BCUT2D eigenvalue weighted by Crippen LogP contribution is -2.22. The standard InChI is InChI=1S/C20H16ClN3O2/c1-24-18(8-10-23-24)15-6-7-17(19-16(15)9-11-26-19)20(25)22-12-13-2-4-14(21)5-3-13/h2-11H,12H2,1H3,(H,22,25). The third-order valence-corrected chi connectivity index (χ3v) is 4.58. The van der Waals surface area contributed by atoms with Crippen LogP contribution in [0.4, 0.5) is 0 Å². The summed E-state index contributed by atoms with van der Waals surface area (Å²) in [6.07, 6.45) is 3.34. The van der Waals surface area contributed by atoms with Gasteiger partial charge in [0.1, 0.15) is 5.58 Å². The van der Waals surface area contributed by atoms with Crippen LogP contribution in [-0.4, -0.2) is 15.7 Å². The number of carbonyl (C=O) groups is 1. The molecule has 0 unspecified atom stereocenters. The Morgan fingerprint density at radius 1 is 1.15 bits per heavy atom. The van der Waals surface area contributed by atoms with Crippen molar-refractivity contribution in [3.63, 3.8) is 0 Å². The van der Waals surface area contributed by atoms with E-state index >= 15 is 0 Å². The second-order valence-electron chi connectivity index (χ2n) is 5.97. The number of rotatable bonds is 4. The number of halogens is 1. The van der Waals surface area contributed by atoms with Crippen LogP contribution in [0.3, 0.4) is 0 Å². The summed E-state index contributed by atoms with van der Waals surface area (Å²) < 4.78 is 7.40. The third-order valence-electron chi connectivity index (χ3n) is 4.32. The van der Waals surface area contributed by atoms with Crippen LogP contribution in [0.5, 0.6) is 0 Å². The number of benzene rings is 2. The molecule has 0 aliphatic heterocycles. The molecule has 0 fully saturated rings. The second-order valence-corrected chi connectivity index (χ2v) is 6.41. The quantitative estimate of drug-likeness (QED) is 0.582. The minimum atomic E-state index is -0.184. The Morgan fingerprint density at radius 3 is 2.69 bits per heavy atom. The lowest BCUT2D eigenvalue weighted by Gasteiger charge is -2.09. The molecule has 6 heteroatoms. The molecule has 0 bridgehead atoms. The van der Waals surface area contributed by atoms with E-state index in [2.05, 4.69) is 10.4 Å². The van der Waals surface area contributed by atoms with Gasteiger partial charge < -0.3 is 9.73 Å². The Kier molecular flexibility index (Phi) is 4.22. The summed E-state index contributed by atoms with van der Waals surface area (Å²) in [4.78, 5) is 12.6. The molecule has 0 aliphatic rings. The fraction of sp³-hybridized carbons (Fsp3) is 0.100. The Labute approximate surface area is 155 Å². The summed E-state index contributed by atoms with van der Waals surface area (Å²) >= 11 is 5.89. The van der Waals surface area contributed by atoms with Crippen molar-refractivity contribution in [3.05, 3.63) is 77.1 Å². The van der Waals surface area contributed by atoms with Gasteiger partial charge in [-0.3, -0.25) is 9.48 Å². The highest BCUT2D eigenvalue weighted by molar-refractivity contribution is 6.30. The Hall–Kier alpha value is -3.05. The lowest BCUT2D eigenvalue weighted by molar-refractivity contribution is 0.0951. The zero-order valence-electron chi connectivity index (χ0n) is 14.1. The van der Waals surface area contributed by atoms with Crippen LogP contribution in [-0.2, 0) is 13.6 Å². The molecular weight excluding hydrogens is 350 g/mol. The van der Waals surface area contributed by atoms with Crippen LogP contribution in [0, 0.1) is 0 Å². The fourth-order valence-corrected chi connectivity index (χ4v) is 3.11. The average molecular weight is 366 g/mol. The predicted molar refractivity (Wildman–Crippen MR) is 101 cm³/mol. The zero-order chi connectivity index (χ0) is 18.1. The van der Waals surface area contributed by atoms with Crippen molar-refractivity contribution in [2.75, 3.05) is 0 Å². The van der Waals surface area contributed by atoms with Crippen LogP contribution >= 0.6 is 11.6 Å². The summed E-state index contributed by atoms with van der Waals surface area (Å²) in [5.41, 5.74) is 3.99. The van der Waals surface area contributed by atoms with E-state index in [4.69, 9.17) is 16.0 Å². The normalized spacial score (nSPS) is 11.0. The maximum Gasteiger partial charge on any atom is 0.255 e. The minimum absolute atomic E-state index is 0.184. The number of aryl methyl sites for hydroxylation is 1. The van der Waals surface area contributed by atoms with Gasteiger partial charge in [0.25, 0.3) is 5.91 Å². The molecule has 5 nitrogen and oxygen atoms in total. The summed E-state index contributed by atoms with van der Waals surface area (Å²) in [7, 11) is 1.88. The number of aromatic nitrogens is 2. The number of nitrogens with one attached hydrogen (secondary N) is 1. The van der Waals surface area contributed by atoms with Crippen LogP contribution in [0.15, 0.2) is 65.4 Å². The van der Waals surface area contributed by atoms with Gasteiger partial charge in [0, 0.05) is 35.8 Å². The summed E-state index contributed by atoms with van der Waals surface area (Å²) in [5, 5.41) is 8.68. The summed E-state index contributed by atoms with van der Waals surface area (Å²) in [6.45, 7) is 0.418. The Bertz CT molecular complexity index is 1080. The number of hydrogen-bond acceptors (Lipinski definition) is 3. The number of fused-ring (bicyclic) bond motifs is 1. The first-order chi connectivity index (χ1) is 12.6. The molecular formula is C20H16ClN3O2. The number of hydrogen-bond donors (Lipinski definition) is 1. The maximum atomic E-state index is 12.6. The highest BCUT2D eigenvalue weighted by atomic mass is 35.5. The molecule has 0 saturated carbocycles. The Balaban J connectivity index is 1.63. The maximum absolute atomic E-state index is 12.6. The third kappa shape index (κ3) is 2.97. The lowest BCUT2D eigenvalue weighted by atomic mass is 10.0. The first kappa shape index (κ1) is 16.4. The molecule has 2 aromatic carbocycles. The molecule has 2 heterocycles. The molecule has 26 heavy (non-hydrogen) atoms. The van der Waals surface area contributed by atoms with Crippen molar-refractivity contribution in [3.8, 4) is 11.3 Å². The van der Waals surface area contributed by atoms with E-state index in [1.54, 1.807) is 35.3 Å². The van der Waals surface area contributed by atoms with E-state index < -0.39 is 0 Å². The van der Waals surface area contributed by atoms with Gasteiger partial charge in [0.2, 0.25) is 0 Å². The van der Waals surface area contributed by atoms with Gasteiger partial charge in [0.05, 0.1) is 17.5 Å². The summed E-state index contributed by atoms with van der Waals surface area (Å²) in [5.74, 6) is -0.184. The number of furan rings is 1. The van der Waals surface area contributed by atoms with Gasteiger partial charge in [-0.15, -0.1) is 0 Å². The van der Waals surface area contributed by atoms with Gasteiger partial charge in [0.15, 0.2) is 0 Å². The molecule has 2 aromatic heterocycles. The van der Waals surface area contributed by atoms with E-state index in [9.17, 15) is 4.79 Å². The SMILES string of the molecule is Cn1nccc1-c1ccc(C(=O)NCc2ccc(Cl)cc2)c2occc12. The van der Waals surface area contributed by atoms with Crippen LogP contribution in [0.1, 0.15) is 15.9 Å². The predicted octanol–water partition coefficient (Wildman–Crippen LogP) is 4.42. The highest BCUT2D eigenvalue weighted by Gasteiger charge is 2.17. The number of amides is 1. The van der Waals surface area contributed by atoms with Crippen molar-refractivity contribution in [2.24, 2.45) is 7.05 Å². The van der Waals surface area contributed by atoms with Gasteiger partial charge in [-0.05, 0) is 35.9 Å². The van der Waals surface area contributed by atoms with Crippen molar-refractivity contribution in [1.82, 2.24) is 15.1 Å².